The highest BCUT2D eigenvalue weighted by atomic mass is 79.9. The van der Waals surface area contributed by atoms with Crippen molar-refractivity contribution in [2.24, 2.45) is 0 Å². The van der Waals surface area contributed by atoms with Crippen LogP contribution in [0.5, 0.6) is 0 Å². The first kappa shape index (κ1) is 11.1. The molecule has 0 N–H and O–H groups in total. The van der Waals surface area contributed by atoms with Gasteiger partial charge in [0.2, 0.25) is 0 Å². The molecule has 0 radical (unpaired) electrons. The van der Waals surface area contributed by atoms with Crippen molar-refractivity contribution in [3.8, 4) is 5.69 Å². The fourth-order valence-electron chi connectivity index (χ4n) is 1.71. The summed E-state index contributed by atoms with van der Waals surface area (Å²) >= 11 is 3.37. The third-order valence-corrected chi connectivity index (χ3v) is 3.10. The van der Waals surface area contributed by atoms with E-state index in [1.54, 1.807) is 0 Å². The van der Waals surface area contributed by atoms with Crippen molar-refractivity contribution in [3.05, 3.63) is 46.0 Å². The molecule has 1 heterocycles. The topological polar surface area (TPSA) is 34.9 Å². The zero-order chi connectivity index (χ0) is 11.7. The molecule has 0 aliphatic rings. The number of rotatable bonds is 2. The minimum atomic E-state index is 0.642. The van der Waals surface area contributed by atoms with Gasteiger partial charge in [0, 0.05) is 10.7 Å². The molecule has 0 amide bonds. The highest BCUT2D eigenvalue weighted by Crippen LogP contribution is 2.23. The van der Waals surface area contributed by atoms with Crippen LogP contribution in [0.25, 0.3) is 5.69 Å². The van der Waals surface area contributed by atoms with E-state index in [4.69, 9.17) is 0 Å². The number of carbonyl (C=O) groups is 1. The number of halogens is 1. The molecule has 0 atom stereocenters. The predicted molar refractivity (Wildman–Crippen MR) is 66.1 cm³/mol. The first-order valence-electron chi connectivity index (χ1n) is 4.90. The Morgan fingerprint density at radius 3 is 2.69 bits per heavy atom. The van der Waals surface area contributed by atoms with Crippen molar-refractivity contribution >= 4 is 22.2 Å². The molecule has 0 bridgehead atoms. The van der Waals surface area contributed by atoms with Crippen molar-refractivity contribution in [1.82, 2.24) is 9.55 Å². The van der Waals surface area contributed by atoms with Gasteiger partial charge in [-0.1, -0.05) is 6.07 Å². The molecule has 0 fully saturated rings. The maximum atomic E-state index is 11.1. The van der Waals surface area contributed by atoms with E-state index < -0.39 is 0 Å². The van der Waals surface area contributed by atoms with Crippen LogP contribution in [0.3, 0.4) is 0 Å². The Kier molecular flexibility index (Phi) is 2.92. The Labute approximate surface area is 102 Å². The van der Waals surface area contributed by atoms with Gasteiger partial charge in [0.05, 0.1) is 16.9 Å². The fourth-order valence-corrected chi connectivity index (χ4v) is 2.16. The van der Waals surface area contributed by atoms with Crippen LogP contribution in [0.4, 0.5) is 0 Å². The monoisotopic (exact) mass is 278 g/mol. The summed E-state index contributed by atoms with van der Waals surface area (Å²) in [5.41, 5.74) is 2.43. The van der Waals surface area contributed by atoms with E-state index in [0.717, 1.165) is 28.0 Å². The van der Waals surface area contributed by atoms with E-state index >= 15 is 0 Å². The highest BCUT2D eigenvalue weighted by Gasteiger charge is 2.10. The molecule has 16 heavy (non-hydrogen) atoms. The van der Waals surface area contributed by atoms with Gasteiger partial charge >= 0.3 is 0 Å². The lowest BCUT2D eigenvalue weighted by Gasteiger charge is -2.08. The standard InChI is InChI=1S/C12H11BrN2O/c1-8-6-15(9(2)14-8)12-5-3-4-11(13)10(12)7-16/h3-7H,1-2H3. The van der Waals surface area contributed by atoms with Gasteiger partial charge in [-0.3, -0.25) is 4.79 Å². The number of aldehydes is 1. The van der Waals surface area contributed by atoms with Gasteiger partial charge in [-0.15, -0.1) is 0 Å². The molecule has 0 unspecified atom stereocenters. The van der Waals surface area contributed by atoms with Crippen LogP contribution < -0.4 is 0 Å². The average Bonchev–Trinajstić information content (AvgIpc) is 2.57. The molecule has 0 saturated carbocycles. The van der Waals surface area contributed by atoms with Crippen molar-refractivity contribution in [3.63, 3.8) is 0 Å². The number of hydrogen-bond acceptors (Lipinski definition) is 2. The molecule has 2 rings (SSSR count). The Bertz CT molecular complexity index is 546. The molecule has 4 heteroatoms. The zero-order valence-corrected chi connectivity index (χ0v) is 10.7. The Hall–Kier alpha value is -1.42. The molecule has 3 nitrogen and oxygen atoms in total. The van der Waals surface area contributed by atoms with Crippen molar-refractivity contribution in [2.75, 3.05) is 0 Å². The van der Waals surface area contributed by atoms with E-state index in [2.05, 4.69) is 20.9 Å². The van der Waals surface area contributed by atoms with Gasteiger partial charge in [0.15, 0.2) is 6.29 Å². The summed E-state index contributed by atoms with van der Waals surface area (Å²) in [6, 6.07) is 5.66. The number of nitrogens with zero attached hydrogens (tertiary/aromatic N) is 2. The van der Waals surface area contributed by atoms with Crippen LogP contribution in [0, 0.1) is 13.8 Å². The largest absolute Gasteiger partial charge is 0.303 e. The van der Waals surface area contributed by atoms with Gasteiger partial charge in [0.25, 0.3) is 0 Å². The van der Waals surface area contributed by atoms with Crippen LogP contribution in [0.15, 0.2) is 28.9 Å². The molecule has 0 spiro atoms. The maximum Gasteiger partial charge on any atom is 0.153 e. The molecule has 0 saturated heterocycles. The summed E-state index contributed by atoms with van der Waals surface area (Å²) in [6.45, 7) is 3.85. The average molecular weight is 279 g/mol. The summed E-state index contributed by atoms with van der Waals surface area (Å²) in [5, 5.41) is 0. The molecule has 1 aromatic heterocycles. The second kappa shape index (κ2) is 4.22. The molecule has 0 aliphatic heterocycles. The van der Waals surface area contributed by atoms with E-state index in [9.17, 15) is 4.79 Å². The Morgan fingerprint density at radius 2 is 2.12 bits per heavy atom. The van der Waals surface area contributed by atoms with Gasteiger partial charge in [-0.2, -0.15) is 0 Å². The summed E-state index contributed by atoms with van der Waals surface area (Å²) in [7, 11) is 0. The molecular weight excluding hydrogens is 268 g/mol. The molecule has 2 aromatic rings. The van der Waals surface area contributed by atoms with Crippen LogP contribution in [0.2, 0.25) is 0 Å². The van der Waals surface area contributed by atoms with Gasteiger partial charge in [-0.05, 0) is 41.9 Å². The number of benzene rings is 1. The molecular formula is C12H11BrN2O. The molecule has 1 aromatic carbocycles. The third-order valence-electron chi connectivity index (χ3n) is 2.41. The van der Waals surface area contributed by atoms with Gasteiger partial charge < -0.3 is 4.57 Å². The lowest BCUT2D eigenvalue weighted by Crippen LogP contribution is -2.00. The quantitative estimate of drug-likeness (QED) is 0.792. The van der Waals surface area contributed by atoms with Crippen molar-refractivity contribution in [1.29, 1.82) is 0 Å². The lowest BCUT2D eigenvalue weighted by atomic mass is 10.2. The number of aromatic nitrogens is 2. The minimum Gasteiger partial charge on any atom is -0.303 e. The fraction of sp³-hybridized carbons (Fsp3) is 0.167. The van der Waals surface area contributed by atoms with E-state index in [1.165, 1.54) is 0 Å². The summed E-state index contributed by atoms with van der Waals surface area (Å²) in [5.74, 6) is 0.874. The third kappa shape index (κ3) is 1.80. The van der Waals surface area contributed by atoms with E-state index in [1.807, 2.05) is 42.8 Å². The highest BCUT2D eigenvalue weighted by molar-refractivity contribution is 9.10. The van der Waals surface area contributed by atoms with E-state index in [0.29, 0.717) is 5.56 Å². The summed E-state index contributed by atoms with van der Waals surface area (Å²) in [4.78, 5) is 15.4. The predicted octanol–water partition coefficient (Wildman–Crippen LogP) is 3.06. The maximum absolute atomic E-state index is 11.1. The zero-order valence-electron chi connectivity index (χ0n) is 9.07. The lowest BCUT2D eigenvalue weighted by molar-refractivity contribution is 0.112. The normalized spacial score (nSPS) is 10.4. The SMILES string of the molecule is Cc1cn(-c2cccc(Br)c2C=O)c(C)n1. The van der Waals surface area contributed by atoms with Crippen molar-refractivity contribution < 1.29 is 4.79 Å². The molecule has 0 aliphatic carbocycles. The molecule has 82 valence electrons. The van der Waals surface area contributed by atoms with E-state index in [-0.39, 0.29) is 0 Å². The summed E-state index contributed by atoms with van der Waals surface area (Å²) in [6.07, 6.45) is 2.78. The van der Waals surface area contributed by atoms with Crippen LogP contribution in [-0.2, 0) is 0 Å². The number of hydrogen-bond donors (Lipinski definition) is 0. The van der Waals surface area contributed by atoms with Crippen LogP contribution in [-0.4, -0.2) is 15.8 Å². The Morgan fingerprint density at radius 1 is 1.38 bits per heavy atom. The first-order chi connectivity index (χ1) is 7.63. The second-order valence-electron chi connectivity index (χ2n) is 3.59. The van der Waals surface area contributed by atoms with Gasteiger partial charge in [0.1, 0.15) is 5.82 Å². The number of carbonyl (C=O) groups excluding carboxylic acids is 1. The minimum absolute atomic E-state index is 0.642. The summed E-state index contributed by atoms with van der Waals surface area (Å²) < 4.78 is 2.72. The number of imidazole rings is 1. The Balaban J connectivity index is 2.68. The number of aryl methyl sites for hydroxylation is 2. The smallest absolute Gasteiger partial charge is 0.153 e. The van der Waals surface area contributed by atoms with Crippen molar-refractivity contribution in [2.45, 2.75) is 13.8 Å². The van der Waals surface area contributed by atoms with Crippen LogP contribution >= 0.6 is 15.9 Å². The van der Waals surface area contributed by atoms with Crippen LogP contribution in [0.1, 0.15) is 21.9 Å². The second-order valence-corrected chi connectivity index (χ2v) is 4.44. The first-order valence-corrected chi connectivity index (χ1v) is 5.69. The van der Waals surface area contributed by atoms with Gasteiger partial charge in [-0.25, -0.2) is 4.98 Å².